The van der Waals surface area contributed by atoms with Gasteiger partial charge in [0.1, 0.15) is 0 Å². The first-order valence-electron chi connectivity index (χ1n) is 4.76. The number of hydrogen-bond acceptors (Lipinski definition) is 2. The number of ketones is 1. The molecule has 2 heterocycles. The Bertz CT molecular complexity index is 500. The van der Waals surface area contributed by atoms with E-state index in [0.717, 1.165) is 11.3 Å². The highest BCUT2D eigenvalue weighted by Crippen LogP contribution is 2.19. The van der Waals surface area contributed by atoms with E-state index in [0.29, 0.717) is 5.56 Å². The number of rotatable bonds is 2. The van der Waals surface area contributed by atoms with Gasteiger partial charge in [0.15, 0.2) is 5.78 Å². The van der Waals surface area contributed by atoms with Crippen molar-refractivity contribution in [3.8, 4) is 11.3 Å². The minimum atomic E-state index is 0.0403. The lowest BCUT2D eigenvalue weighted by atomic mass is 10.1. The third-order valence-electron chi connectivity index (χ3n) is 2.38. The summed E-state index contributed by atoms with van der Waals surface area (Å²) in [4.78, 5) is 15.3. The normalized spacial score (nSPS) is 10.3. The summed E-state index contributed by atoms with van der Waals surface area (Å²) in [5.41, 5.74) is 2.68. The second-order valence-corrected chi connectivity index (χ2v) is 3.52. The largest absolute Gasteiger partial charge is 0.351 e. The molecule has 2 rings (SSSR count). The highest BCUT2D eigenvalue weighted by Gasteiger charge is 2.05. The molecule has 0 fully saturated rings. The summed E-state index contributed by atoms with van der Waals surface area (Å²) in [7, 11) is 1.97. The second kappa shape index (κ2) is 3.69. The standard InChI is InChI=1S/C12H12N2O/c1-9(15)10-6-11(8-13-7-10)12-4-3-5-14(12)2/h3-8H,1-2H3. The van der Waals surface area contributed by atoms with Crippen LogP contribution in [0.4, 0.5) is 0 Å². The molecule has 0 N–H and O–H groups in total. The Morgan fingerprint density at radius 3 is 2.80 bits per heavy atom. The first kappa shape index (κ1) is 9.65. The minimum absolute atomic E-state index is 0.0403. The number of nitrogens with zero attached hydrogens (tertiary/aromatic N) is 2. The van der Waals surface area contributed by atoms with Gasteiger partial charge in [-0.3, -0.25) is 9.78 Å². The molecule has 2 aromatic heterocycles. The zero-order chi connectivity index (χ0) is 10.8. The summed E-state index contributed by atoms with van der Waals surface area (Å²) in [5.74, 6) is 0.0403. The molecule has 3 heteroatoms. The van der Waals surface area contributed by atoms with Crippen LogP contribution in [0.3, 0.4) is 0 Å². The average Bonchev–Trinajstić information content (AvgIpc) is 2.64. The van der Waals surface area contributed by atoms with E-state index in [1.807, 2.05) is 36.0 Å². The van der Waals surface area contributed by atoms with Gasteiger partial charge in [-0.05, 0) is 25.1 Å². The van der Waals surface area contributed by atoms with Crippen LogP contribution >= 0.6 is 0 Å². The third kappa shape index (κ3) is 1.81. The minimum Gasteiger partial charge on any atom is -0.351 e. The van der Waals surface area contributed by atoms with E-state index in [2.05, 4.69) is 4.98 Å². The van der Waals surface area contributed by atoms with Gasteiger partial charge in [0.05, 0.1) is 0 Å². The van der Waals surface area contributed by atoms with Gasteiger partial charge in [0.2, 0.25) is 0 Å². The molecule has 2 aromatic rings. The molecule has 3 nitrogen and oxygen atoms in total. The van der Waals surface area contributed by atoms with Crippen molar-refractivity contribution in [2.75, 3.05) is 0 Å². The van der Waals surface area contributed by atoms with Crippen molar-refractivity contribution in [2.24, 2.45) is 7.05 Å². The molecule has 0 amide bonds. The lowest BCUT2D eigenvalue weighted by Crippen LogP contribution is -1.95. The molecule has 15 heavy (non-hydrogen) atoms. The van der Waals surface area contributed by atoms with Gasteiger partial charge in [-0.15, -0.1) is 0 Å². The molecule has 0 aromatic carbocycles. The monoisotopic (exact) mass is 200 g/mol. The first-order chi connectivity index (χ1) is 7.18. The highest BCUT2D eigenvalue weighted by atomic mass is 16.1. The predicted molar refractivity (Wildman–Crippen MR) is 58.6 cm³/mol. The molecule has 0 radical (unpaired) electrons. The van der Waals surface area contributed by atoms with Crippen LogP contribution in [0.15, 0.2) is 36.8 Å². The zero-order valence-corrected chi connectivity index (χ0v) is 8.77. The molecule has 0 unspecified atom stereocenters. The molecule has 0 aliphatic rings. The Hall–Kier alpha value is -1.90. The van der Waals surface area contributed by atoms with E-state index in [-0.39, 0.29) is 5.78 Å². The summed E-state index contributed by atoms with van der Waals surface area (Å²) in [6.07, 6.45) is 5.33. The summed E-state index contributed by atoms with van der Waals surface area (Å²) in [6.45, 7) is 1.55. The fourth-order valence-corrected chi connectivity index (χ4v) is 1.53. The van der Waals surface area contributed by atoms with Gasteiger partial charge in [-0.1, -0.05) is 0 Å². The Balaban J connectivity index is 2.50. The Labute approximate surface area is 88.4 Å². The van der Waals surface area contributed by atoms with Crippen LogP contribution < -0.4 is 0 Å². The maximum absolute atomic E-state index is 11.2. The van der Waals surface area contributed by atoms with Gasteiger partial charge in [0.25, 0.3) is 0 Å². The zero-order valence-electron chi connectivity index (χ0n) is 8.77. The van der Waals surface area contributed by atoms with Crippen LogP contribution in [0.2, 0.25) is 0 Å². The van der Waals surface area contributed by atoms with Crippen molar-refractivity contribution in [3.05, 3.63) is 42.4 Å². The van der Waals surface area contributed by atoms with Gasteiger partial charge in [0, 0.05) is 42.5 Å². The molecule has 0 bridgehead atoms. The summed E-state index contributed by atoms with van der Waals surface area (Å²) < 4.78 is 2.00. The number of aromatic nitrogens is 2. The predicted octanol–water partition coefficient (Wildman–Crippen LogP) is 2.29. The van der Waals surface area contributed by atoms with Crippen molar-refractivity contribution in [1.82, 2.24) is 9.55 Å². The van der Waals surface area contributed by atoms with Crippen LogP contribution in [0.5, 0.6) is 0 Å². The molecule has 0 saturated carbocycles. The average molecular weight is 200 g/mol. The molecular weight excluding hydrogens is 188 g/mol. The third-order valence-corrected chi connectivity index (χ3v) is 2.38. The van der Waals surface area contributed by atoms with Crippen LogP contribution in [-0.4, -0.2) is 15.3 Å². The maximum atomic E-state index is 11.2. The number of hydrogen-bond donors (Lipinski definition) is 0. The molecule has 76 valence electrons. The Kier molecular flexibility index (Phi) is 2.37. The van der Waals surface area contributed by atoms with E-state index in [9.17, 15) is 4.79 Å². The number of Topliss-reactive ketones (excluding diaryl/α,β-unsaturated/α-hetero) is 1. The molecule has 0 aliphatic heterocycles. The Morgan fingerprint density at radius 2 is 2.20 bits per heavy atom. The quantitative estimate of drug-likeness (QED) is 0.697. The second-order valence-electron chi connectivity index (χ2n) is 3.52. The van der Waals surface area contributed by atoms with Crippen LogP contribution in [-0.2, 0) is 7.05 Å². The summed E-state index contributed by atoms with van der Waals surface area (Å²) in [6, 6.07) is 5.83. The first-order valence-corrected chi connectivity index (χ1v) is 4.76. The molecule has 0 saturated heterocycles. The van der Waals surface area contributed by atoms with Gasteiger partial charge in [-0.25, -0.2) is 0 Å². The highest BCUT2D eigenvalue weighted by molar-refractivity contribution is 5.94. The number of carbonyl (C=O) groups excluding carboxylic acids is 1. The molecule has 0 atom stereocenters. The van der Waals surface area contributed by atoms with E-state index in [1.165, 1.54) is 0 Å². The summed E-state index contributed by atoms with van der Waals surface area (Å²) >= 11 is 0. The van der Waals surface area contributed by atoms with Crippen molar-refractivity contribution in [1.29, 1.82) is 0 Å². The molecular formula is C12H12N2O. The van der Waals surface area contributed by atoms with Gasteiger partial charge < -0.3 is 4.57 Å². The van der Waals surface area contributed by atoms with Crippen molar-refractivity contribution in [2.45, 2.75) is 6.92 Å². The van der Waals surface area contributed by atoms with Crippen LogP contribution in [0.1, 0.15) is 17.3 Å². The lowest BCUT2D eigenvalue weighted by Gasteiger charge is -2.03. The van der Waals surface area contributed by atoms with E-state index >= 15 is 0 Å². The van der Waals surface area contributed by atoms with E-state index in [1.54, 1.807) is 19.3 Å². The van der Waals surface area contributed by atoms with Crippen molar-refractivity contribution in [3.63, 3.8) is 0 Å². The van der Waals surface area contributed by atoms with E-state index in [4.69, 9.17) is 0 Å². The van der Waals surface area contributed by atoms with Crippen LogP contribution in [0, 0.1) is 0 Å². The van der Waals surface area contributed by atoms with Crippen molar-refractivity contribution < 1.29 is 4.79 Å². The van der Waals surface area contributed by atoms with E-state index < -0.39 is 0 Å². The SMILES string of the molecule is CC(=O)c1cncc(-c2cccn2C)c1. The van der Waals surface area contributed by atoms with Gasteiger partial charge in [-0.2, -0.15) is 0 Å². The van der Waals surface area contributed by atoms with Gasteiger partial charge >= 0.3 is 0 Å². The number of carbonyl (C=O) groups is 1. The number of pyridine rings is 1. The topological polar surface area (TPSA) is 34.9 Å². The van der Waals surface area contributed by atoms with Crippen molar-refractivity contribution >= 4 is 5.78 Å². The fourth-order valence-electron chi connectivity index (χ4n) is 1.53. The summed E-state index contributed by atoms with van der Waals surface area (Å²) in [5, 5.41) is 0. The fraction of sp³-hybridized carbons (Fsp3) is 0.167. The maximum Gasteiger partial charge on any atom is 0.161 e. The Morgan fingerprint density at radius 1 is 1.40 bits per heavy atom. The smallest absolute Gasteiger partial charge is 0.161 e. The van der Waals surface area contributed by atoms with Crippen LogP contribution in [0.25, 0.3) is 11.3 Å². The number of aryl methyl sites for hydroxylation is 1. The molecule has 0 spiro atoms. The lowest BCUT2D eigenvalue weighted by molar-refractivity contribution is 0.101. The molecule has 0 aliphatic carbocycles.